The molecular weight excluding hydrogens is 276 g/mol. The van der Waals surface area contributed by atoms with E-state index >= 15 is 0 Å². The maximum absolute atomic E-state index is 5.35. The molecule has 0 unspecified atom stereocenters. The zero-order valence-electron chi connectivity index (χ0n) is 11.1. The molecule has 0 spiro atoms. The van der Waals surface area contributed by atoms with Crippen molar-refractivity contribution in [3.05, 3.63) is 30.2 Å². The highest BCUT2D eigenvalue weighted by Crippen LogP contribution is 2.09. The van der Waals surface area contributed by atoms with Gasteiger partial charge in [0.05, 0.1) is 6.54 Å². The molecule has 11 nitrogen and oxygen atoms in total. The molecule has 11 heteroatoms. The third-order valence-corrected chi connectivity index (χ3v) is 2.48. The first kappa shape index (κ1) is 12.9. The van der Waals surface area contributed by atoms with Gasteiger partial charge in [-0.25, -0.2) is 10.8 Å². The lowest BCUT2D eigenvalue weighted by Crippen LogP contribution is -2.16. The van der Waals surface area contributed by atoms with Crippen LogP contribution in [0.1, 0.15) is 11.5 Å². The normalized spacial score (nSPS) is 10.6. The van der Waals surface area contributed by atoms with Crippen LogP contribution in [0.4, 0.5) is 11.9 Å². The van der Waals surface area contributed by atoms with Crippen molar-refractivity contribution < 1.29 is 4.52 Å². The van der Waals surface area contributed by atoms with Crippen LogP contribution in [-0.4, -0.2) is 34.9 Å². The smallest absolute Gasteiger partial charge is 0.258 e. The molecule has 21 heavy (non-hydrogen) atoms. The third-order valence-electron chi connectivity index (χ3n) is 2.48. The zero-order chi connectivity index (χ0) is 14.7. The minimum absolute atomic E-state index is 0.203. The minimum atomic E-state index is 0.203. The van der Waals surface area contributed by atoms with Gasteiger partial charge < -0.3 is 9.84 Å². The van der Waals surface area contributed by atoms with Gasteiger partial charge in [0.1, 0.15) is 24.1 Å². The van der Waals surface area contributed by atoms with Gasteiger partial charge in [-0.05, 0) is 6.92 Å². The molecule has 0 fully saturated rings. The highest BCUT2D eigenvalue weighted by Gasteiger charge is 2.09. The Bertz CT molecular complexity index is 721. The van der Waals surface area contributed by atoms with Gasteiger partial charge in [0.2, 0.25) is 11.9 Å². The lowest BCUT2D eigenvalue weighted by molar-refractivity contribution is 0.391. The molecule has 0 aliphatic heterocycles. The molecule has 0 radical (unpaired) electrons. The van der Waals surface area contributed by atoms with Gasteiger partial charge >= 0.3 is 0 Å². The van der Waals surface area contributed by atoms with E-state index in [0.29, 0.717) is 12.5 Å². The van der Waals surface area contributed by atoms with E-state index in [9.17, 15) is 0 Å². The number of hydrogen-bond acceptors (Lipinski definition) is 10. The molecule has 0 atom stereocenters. The van der Waals surface area contributed by atoms with Crippen molar-refractivity contribution in [3.63, 3.8) is 0 Å². The second-order valence-corrected chi connectivity index (χ2v) is 4.05. The minimum Gasteiger partial charge on any atom is -0.361 e. The van der Waals surface area contributed by atoms with Crippen LogP contribution in [0.25, 0.3) is 5.95 Å². The molecule has 0 aliphatic rings. The quantitative estimate of drug-likeness (QED) is 0.420. The summed E-state index contributed by atoms with van der Waals surface area (Å²) in [7, 11) is 0. The topological polar surface area (TPSA) is 145 Å². The first-order chi connectivity index (χ1) is 10.2. The number of rotatable bonds is 5. The number of hydrazine groups is 1. The SMILES string of the molecule is Cc1cc(CNc2nc(NN)nc(-n3cncn3)n2)no1. The summed E-state index contributed by atoms with van der Waals surface area (Å²) in [6.45, 7) is 2.22. The predicted molar refractivity (Wildman–Crippen MR) is 71.1 cm³/mol. The monoisotopic (exact) mass is 288 g/mol. The Labute approximate surface area is 118 Å². The van der Waals surface area contributed by atoms with Gasteiger partial charge in [0.25, 0.3) is 5.95 Å². The molecule has 0 saturated heterocycles. The summed E-state index contributed by atoms with van der Waals surface area (Å²) in [6.07, 6.45) is 2.85. The fraction of sp³-hybridized carbons (Fsp3) is 0.200. The summed E-state index contributed by atoms with van der Waals surface area (Å²) >= 11 is 0. The summed E-state index contributed by atoms with van der Waals surface area (Å²) in [5.41, 5.74) is 3.11. The Morgan fingerprint density at radius 3 is 2.81 bits per heavy atom. The molecule has 108 valence electrons. The van der Waals surface area contributed by atoms with Gasteiger partial charge in [0, 0.05) is 6.07 Å². The standard InChI is InChI=1S/C10H12N10O/c1-6-2-7(19-21-6)3-13-8-15-9(18-11)17-10(16-8)20-5-12-4-14-20/h2,4-5H,3,11H2,1H3,(H2,13,15,16,17,18). The summed E-state index contributed by atoms with van der Waals surface area (Å²) in [4.78, 5) is 16.2. The summed E-state index contributed by atoms with van der Waals surface area (Å²) in [5, 5.41) is 10.8. The molecule has 0 bridgehead atoms. The molecular formula is C10H12N10O. The highest BCUT2D eigenvalue weighted by molar-refractivity contribution is 5.37. The Morgan fingerprint density at radius 1 is 1.29 bits per heavy atom. The number of nitrogens with one attached hydrogen (secondary N) is 2. The average Bonchev–Trinajstić information content (AvgIpc) is 3.16. The maximum atomic E-state index is 5.35. The van der Waals surface area contributed by atoms with E-state index in [2.05, 4.69) is 40.9 Å². The van der Waals surface area contributed by atoms with E-state index in [-0.39, 0.29) is 11.9 Å². The van der Waals surface area contributed by atoms with Crippen molar-refractivity contribution in [1.82, 2.24) is 34.9 Å². The molecule has 4 N–H and O–H groups in total. The Balaban J connectivity index is 1.82. The van der Waals surface area contributed by atoms with E-state index in [4.69, 9.17) is 10.4 Å². The molecule has 0 aliphatic carbocycles. The van der Waals surface area contributed by atoms with Crippen molar-refractivity contribution in [2.24, 2.45) is 5.84 Å². The average molecular weight is 288 g/mol. The van der Waals surface area contributed by atoms with Crippen LogP contribution in [0, 0.1) is 6.92 Å². The fourth-order valence-corrected chi connectivity index (χ4v) is 1.59. The lowest BCUT2D eigenvalue weighted by atomic mass is 10.4. The van der Waals surface area contributed by atoms with E-state index in [1.807, 2.05) is 13.0 Å². The fourth-order valence-electron chi connectivity index (χ4n) is 1.59. The van der Waals surface area contributed by atoms with Crippen molar-refractivity contribution in [2.75, 3.05) is 10.7 Å². The van der Waals surface area contributed by atoms with Crippen LogP contribution in [-0.2, 0) is 6.54 Å². The van der Waals surface area contributed by atoms with Crippen molar-refractivity contribution in [3.8, 4) is 5.95 Å². The third kappa shape index (κ3) is 2.92. The number of nitrogen functional groups attached to an aromatic ring is 1. The highest BCUT2D eigenvalue weighted by atomic mass is 16.5. The number of aromatic nitrogens is 7. The largest absolute Gasteiger partial charge is 0.361 e. The zero-order valence-corrected chi connectivity index (χ0v) is 11.1. The molecule has 3 aromatic heterocycles. The maximum Gasteiger partial charge on any atom is 0.258 e. The van der Waals surface area contributed by atoms with Gasteiger partial charge in [-0.2, -0.15) is 24.7 Å². The second kappa shape index (κ2) is 5.50. The van der Waals surface area contributed by atoms with Crippen molar-refractivity contribution in [1.29, 1.82) is 0 Å². The van der Waals surface area contributed by atoms with Crippen LogP contribution in [0.3, 0.4) is 0 Å². The first-order valence-corrected chi connectivity index (χ1v) is 5.98. The number of nitrogens with two attached hydrogens (primary N) is 1. The van der Waals surface area contributed by atoms with Crippen LogP contribution in [0.5, 0.6) is 0 Å². The van der Waals surface area contributed by atoms with E-state index < -0.39 is 0 Å². The van der Waals surface area contributed by atoms with Crippen molar-refractivity contribution in [2.45, 2.75) is 13.5 Å². The first-order valence-electron chi connectivity index (χ1n) is 5.98. The summed E-state index contributed by atoms with van der Waals surface area (Å²) < 4.78 is 6.38. The van der Waals surface area contributed by atoms with Crippen LogP contribution in [0.15, 0.2) is 23.2 Å². The number of nitrogens with zero attached hydrogens (tertiary/aromatic N) is 7. The van der Waals surface area contributed by atoms with Gasteiger partial charge in [-0.1, -0.05) is 5.16 Å². The van der Waals surface area contributed by atoms with Crippen LogP contribution in [0.2, 0.25) is 0 Å². The van der Waals surface area contributed by atoms with E-state index in [0.717, 1.165) is 11.5 Å². The van der Waals surface area contributed by atoms with E-state index in [1.165, 1.54) is 17.3 Å². The second-order valence-electron chi connectivity index (χ2n) is 4.05. The molecule has 0 saturated carbocycles. The Hall–Kier alpha value is -3.08. The van der Waals surface area contributed by atoms with Gasteiger partial charge in [0.15, 0.2) is 0 Å². The van der Waals surface area contributed by atoms with Crippen LogP contribution < -0.4 is 16.6 Å². The predicted octanol–water partition coefficient (Wildman–Crippen LogP) is -0.354. The lowest BCUT2D eigenvalue weighted by Gasteiger charge is -2.06. The van der Waals surface area contributed by atoms with Crippen molar-refractivity contribution >= 4 is 11.9 Å². The molecule has 3 rings (SSSR count). The summed E-state index contributed by atoms with van der Waals surface area (Å²) in [6, 6.07) is 1.81. The Morgan fingerprint density at radius 2 is 2.14 bits per heavy atom. The molecule has 0 aromatic carbocycles. The number of hydrogen-bond donors (Lipinski definition) is 3. The number of anilines is 2. The molecule has 0 amide bonds. The Kier molecular flexibility index (Phi) is 3.39. The van der Waals surface area contributed by atoms with Gasteiger partial charge in [-0.3, -0.25) is 5.43 Å². The molecule has 3 heterocycles. The van der Waals surface area contributed by atoms with Crippen LogP contribution >= 0.6 is 0 Å². The van der Waals surface area contributed by atoms with Gasteiger partial charge in [-0.15, -0.1) is 0 Å². The molecule has 3 aromatic rings. The number of aryl methyl sites for hydroxylation is 1. The van der Waals surface area contributed by atoms with E-state index in [1.54, 1.807) is 0 Å². The summed E-state index contributed by atoms with van der Waals surface area (Å²) in [5.74, 6) is 6.89.